The summed E-state index contributed by atoms with van der Waals surface area (Å²) in [5.41, 5.74) is 0. The van der Waals surface area contributed by atoms with Crippen LogP contribution in [0.5, 0.6) is 0 Å². The lowest BCUT2D eigenvalue weighted by atomic mass is 10.0. The second-order valence-electron chi connectivity index (χ2n) is 5.86. The Morgan fingerprint density at radius 2 is 1.62 bits per heavy atom. The fourth-order valence-electron chi connectivity index (χ4n) is 2.21. The predicted molar refractivity (Wildman–Crippen MR) is 99.0 cm³/mol. The summed E-state index contributed by atoms with van der Waals surface area (Å²) in [4.78, 5) is 10.2. The van der Waals surface area contributed by atoms with Gasteiger partial charge in [0.2, 0.25) is 0 Å². The van der Waals surface area contributed by atoms with E-state index in [0.29, 0.717) is 0 Å². The maximum atomic E-state index is 10.2. The molecule has 24 heavy (non-hydrogen) atoms. The van der Waals surface area contributed by atoms with Gasteiger partial charge in [-0.3, -0.25) is 0 Å². The lowest BCUT2D eigenvalue weighted by Gasteiger charge is -2.09. The van der Waals surface area contributed by atoms with Crippen molar-refractivity contribution in [3.63, 3.8) is 0 Å². The van der Waals surface area contributed by atoms with Crippen LogP contribution in [0.25, 0.3) is 0 Å². The quantitative estimate of drug-likeness (QED) is 0.179. The largest absolute Gasteiger partial charge is 0.508 e. The average Bonchev–Trinajstić information content (AvgIpc) is 2.53. The zero-order valence-electron chi connectivity index (χ0n) is 14.7. The highest BCUT2D eigenvalue weighted by Crippen LogP contribution is 2.11. The molecule has 3 N–H and O–H groups in total. The highest BCUT2D eigenvalue weighted by molar-refractivity contribution is 5.80. The molecule has 0 aliphatic heterocycles. The van der Waals surface area contributed by atoms with Crippen molar-refractivity contribution in [2.75, 3.05) is 0 Å². The van der Waals surface area contributed by atoms with Gasteiger partial charge in [-0.05, 0) is 37.8 Å². The molecule has 0 bridgehead atoms. The third kappa shape index (κ3) is 16.6. The van der Waals surface area contributed by atoms with Crippen molar-refractivity contribution in [3.8, 4) is 0 Å². The van der Waals surface area contributed by atoms with Gasteiger partial charge in [-0.2, -0.15) is 0 Å². The van der Waals surface area contributed by atoms with Gasteiger partial charge in [0.1, 0.15) is 5.76 Å². The normalized spacial score (nSPS) is 14.2. The monoisotopic (exact) mass is 336 g/mol. The molecule has 0 rings (SSSR count). The molecule has 0 spiro atoms. The number of aliphatic hydroxyl groups is 2. The van der Waals surface area contributed by atoms with Gasteiger partial charge in [-0.1, -0.05) is 63.3 Å². The van der Waals surface area contributed by atoms with Crippen LogP contribution in [-0.4, -0.2) is 27.4 Å². The van der Waals surface area contributed by atoms with Crippen LogP contribution in [0.2, 0.25) is 0 Å². The SMILES string of the molecule is CCCCCC(O)CCCCCC=CC=CC(O)=CC=CC(=O)O. The third-order valence-corrected chi connectivity index (χ3v) is 3.57. The molecule has 0 heterocycles. The van der Waals surface area contributed by atoms with Crippen molar-refractivity contribution in [3.05, 3.63) is 48.3 Å². The first-order valence-electron chi connectivity index (χ1n) is 8.87. The highest BCUT2D eigenvalue weighted by Gasteiger charge is 2.02. The molecule has 0 amide bonds. The summed E-state index contributed by atoms with van der Waals surface area (Å²) in [5, 5.41) is 27.6. The summed E-state index contributed by atoms with van der Waals surface area (Å²) >= 11 is 0. The maximum absolute atomic E-state index is 10.2. The second-order valence-corrected chi connectivity index (χ2v) is 5.86. The van der Waals surface area contributed by atoms with Crippen LogP contribution in [0.4, 0.5) is 0 Å². The molecule has 0 fully saturated rings. The molecule has 0 saturated heterocycles. The minimum absolute atomic E-state index is 0.00853. The second kappa shape index (κ2) is 16.1. The van der Waals surface area contributed by atoms with E-state index in [4.69, 9.17) is 5.11 Å². The van der Waals surface area contributed by atoms with Crippen molar-refractivity contribution < 1.29 is 20.1 Å². The van der Waals surface area contributed by atoms with Gasteiger partial charge < -0.3 is 15.3 Å². The maximum Gasteiger partial charge on any atom is 0.328 e. The predicted octanol–water partition coefficient (Wildman–Crippen LogP) is 5.07. The molecule has 0 radical (unpaired) electrons. The van der Waals surface area contributed by atoms with Crippen LogP contribution in [0.15, 0.2) is 48.3 Å². The van der Waals surface area contributed by atoms with E-state index in [1.54, 1.807) is 6.08 Å². The minimum atomic E-state index is -1.04. The van der Waals surface area contributed by atoms with Gasteiger partial charge in [0.05, 0.1) is 6.10 Å². The van der Waals surface area contributed by atoms with Crippen molar-refractivity contribution in [1.82, 2.24) is 0 Å². The van der Waals surface area contributed by atoms with Gasteiger partial charge in [-0.25, -0.2) is 4.79 Å². The molecule has 0 aromatic carbocycles. The van der Waals surface area contributed by atoms with Crippen LogP contribution in [-0.2, 0) is 4.79 Å². The standard InChI is InChI=1S/C20H32O4/c1-2-3-9-13-18(21)14-10-7-5-4-6-8-11-15-19(22)16-12-17-20(23)24/h6,8,11-12,15-18,21-22H,2-5,7,9-10,13-14H2,1H3,(H,23,24). The number of carbonyl (C=O) groups is 1. The van der Waals surface area contributed by atoms with E-state index < -0.39 is 5.97 Å². The van der Waals surface area contributed by atoms with Gasteiger partial charge in [0.25, 0.3) is 0 Å². The molecular formula is C20H32O4. The number of hydrogen-bond donors (Lipinski definition) is 3. The number of unbranched alkanes of at least 4 members (excludes halogenated alkanes) is 5. The van der Waals surface area contributed by atoms with Crippen LogP contribution in [0.3, 0.4) is 0 Å². The fourth-order valence-corrected chi connectivity index (χ4v) is 2.21. The Balaban J connectivity index is 3.65. The van der Waals surface area contributed by atoms with E-state index in [9.17, 15) is 15.0 Å². The zero-order chi connectivity index (χ0) is 18.0. The molecule has 4 nitrogen and oxygen atoms in total. The van der Waals surface area contributed by atoms with E-state index >= 15 is 0 Å². The Kier molecular flexibility index (Phi) is 14.9. The Bertz CT molecular complexity index is 433. The lowest BCUT2D eigenvalue weighted by Crippen LogP contribution is -2.05. The number of aliphatic carboxylic acids is 1. The Morgan fingerprint density at radius 3 is 2.29 bits per heavy atom. The van der Waals surface area contributed by atoms with E-state index in [1.807, 2.05) is 12.2 Å². The van der Waals surface area contributed by atoms with Gasteiger partial charge >= 0.3 is 5.97 Å². The van der Waals surface area contributed by atoms with Gasteiger partial charge in [0, 0.05) is 6.08 Å². The molecule has 1 atom stereocenters. The average molecular weight is 336 g/mol. The van der Waals surface area contributed by atoms with E-state index in [1.165, 1.54) is 31.1 Å². The van der Waals surface area contributed by atoms with Crippen molar-refractivity contribution in [1.29, 1.82) is 0 Å². The molecule has 0 aromatic heterocycles. The summed E-state index contributed by atoms with van der Waals surface area (Å²) in [7, 11) is 0. The number of rotatable bonds is 14. The van der Waals surface area contributed by atoms with Gasteiger partial charge in [-0.15, -0.1) is 0 Å². The van der Waals surface area contributed by atoms with E-state index in [2.05, 4.69) is 6.92 Å². The Labute approximate surface area is 145 Å². The van der Waals surface area contributed by atoms with Gasteiger partial charge in [0.15, 0.2) is 0 Å². The zero-order valence-corrected chi connectivity index (χ0v) is 14.7. The topological polar surface area (TPSA) is 77.8 Å². The Hall–Kier alpha value is -1.81. The molecular weight excluding hydrogens is 304 g/mol. The van der Waals surface area contributed by atoms with Crippen LogP contribution < -0.4 is 0 Å². The van der Waals surface area contributed by atoms with Crippen LogP contribution >= 0.6 is 0 Å². The van der Waals surface area contributed by atoms with Crippen molar-refractivity contribution >= 4 is 5.97 Å². The minimum Gasteiger partial charge on any atom is -0.508 e. The van der Waals surface area contributed by atoms with E-state index in [0.717, 1.165) is 51.0 Å². The first kappa shape index (κ1) is 22.2. The third-order valence-electron chi connectivity index (χ3n) is 3.57. The Morgan fingerprint density at radius 1 is 0.917 bits per heavy atom. The molecule has 0 aromatic rings. The highest BCUT2D eigenvalue weighted by atomic mass is 16.4. The summed E-state index contributed by atoms with van der Waals surface area (Å²) in [6.45, 7) is 2.17. The molecule has 0 aliphatic rings. The van der Waals surface area contributed by atoms with Crippen LogP contribution in [0.1, 0.15) is 64.7 Å². The fraction of sp³-hybridized carbons (Fsp3) is 0.550. The number of carboxylic acids is 1. The number of carboxylic acid groups (broad SMARTS) is 1. The lowest BCUT2D eigenvalue weighted by molar-refractivity contribution is -0.131. The summed E-state index contributed by atoms with van der Waals surface area (Å²) < 4.78 is 0. The first-order chi connectivity index (χ1) is 11.6. The number of allylic oxidation sites excluding steroid dienone is 6. The molecule has 136 valence electrons. The summed E-state index contributed by atoms with van der Waals surface area (Å²) in [6, 6.07) is 0. The van der Waals surface area contributed by atoms with E-state index in [-0.39, 0.29) is 11.9 Å². The molecule has 0 saturated carbocycles. The van der Waals surface area contributed by atoms with Crippen molar-refractivity contribution in [2.24, 2.45) is 0 Å². The summed E-state index contributed by atoms with van der Waals surface area (Å²) in [6.07, 6.45) is 20.2. The smallest absolute Gasteiger partial charge is 0.328 e. The summed E-state index contributed by atoms with van der Waals surface area (Å²) in [5.74, 6) is -1.04. The van der Waals surface area contributed by atoms with Crippen LogP contribution in [0, 0.1) is 0 Å². The molecule has 1 unspecified atom stereocenters. The molecule has 4 heteroatoms. The number of hydrogen-bond acceptors (Lipinski definition) is 3. The molecule has 0 aliphatic carbocycles. The first-order valence-corrected chi connectivity index (χ1v) is 8.87. The number of aliphatic hydroxyl groups excluding tert-OH is 2. The van der Waals surface area contributed by atoms with Crippen molar-refractivity contribution in [2.45, 2.75) is 70.8 Å².